The van der Waals surface area contributed by atoms with Crippen molar-refractivity contribution in [2.45, 2.75) is 25.3 Å². The van der Waals surface area contributed by atoms with Gasteiger partial charge in [0, 0.05) is 19.6 Å². The van der Waals surface area contributed by atoms with E-state index in [0.717, 1.165) is 24.3 Å². The lowest BCUT2D eigenvalue weighted by atomic mass is 10.0. The standard InChI is InChI=1S/C11H20N2O4S/c14-4-1-9(10(15)16)13-11(17)12-7-8-2-5-18-6-3-8/h8-9,14H,1-7H2,(H,15,16)(H2,12,13,17). The topological polar surface area (TPSA) is 98.7 Å². The molecule has 18 heavy (non-hydrogen) atoms. The summed E-state index contributed by atoms with van der Waals surface area (Å²) >= 11 is 1.92. The molecule has 1 rings (SSSR count). The molecular formula is C11H20N2O4S. The smallest absolute Gasteiger partial charge is 0.326 e. The van der Waals surface area contributed by atoms with Gasteiger partial charge >= 0.3 is 12.0 Å². The van der Waals surface area contributed by atoms with Crippen LogP contribution in [0.4, 0.5) is 4.79 Å². The molecule has 0 radical (unpaired) electrons. The fourth-order valence-corrected chi connectivity index (χ4v) is 2.99. The summed E-state index contributed by atoms with van der Waals surface area (Å²) < 4.78 is 0. The predicted molar refractivity (Wildman–Crippen MR) is 69.7 cm³/mol. The number of carboxylic acid groups (broad SMARTS) is 1. The van der Waals surface area contributed by atoms with Crippen molar-refractivity contribution < 1.29 is 19.8 Å². The van der Waals surface area contributed by atoms with E-state index in [1.54, 1.807) is 0 Å². The molecule has 0 saturated carbocycles. The van der Waals surface area contributed by atoms with E-state index in [9.17, 15) is 9.59 Å². The van der Waals surface area contributed by atoms with Crippen molar-refractivity contribution in [1.82, 2.24) is 10.6 Å². The quantitative estimate of drug-likeness (QED) is 0.558. The van der Waals surface area contributed by atoms with E-state index in [-0.39, 0.29) is 13.0 Å². The molecule has 0 aliphatic carbocycles. The Hall–Kier alpha value is -0.950. The number of aliphatic hydroxyl groups is 1. The molecule has 0 aromatic heterocycles. The lowest BCUT2D eigenvalue weighted by Gasteiger charge is -2.22. The number of rotatable bonds is 6. The second-order valence-corrected chi connectivity index (χ2v) is 5.54. The molecule has 0 bridgehead atoms. The van der Waals surface area contributed by atoms with Crippen molar-refractivity contribution in [3.8, 4) is 0 Å². The zero-order valence-corrected chi connectivity index (χ0v) is 11.0. The van der Waals surface area contributed by atoms with E-state index in [1.807, 2.05) is 11.8 Å². The van der Waals surface area contributed by atoms with Crippen LogP contribution in [0.2, 0.25) is 0 Å². The van der Waals surface area contributed by atoms with Crippen LogP contribution < -0.4 is 10.6 Å². The van der Waals surface area contributed by atoms with E-state index in [0.29, 0.717) is 12.5 Å². The molecule has 7 heteroatoms. The highest BCUT2D eigenvalue weighted by atomic mass is 32.2. The first-order chi connectivity index (χ1) is 8.63. The number of hydrogen-bond donors (Lipinski definition) is 4. The zero-order chi connectivity index (χ0) is 13.4. The maximum Gasteiger partial charge on any atom is 0.326 e. The molecule has 1 heterocycles. The molecule has 2 amide bonds. The van der Waals surface area contributed by atoms with Crippen LogP contribution in [0.3, 0.4) is 0 Å². The van der Waals surface area contributed by atoms with Crippen LogP contribution in [0.1, 0.15) is 19.3 Å². The van der Waals surface area contributed by atoms with Gasteiger partial charge in [0.05, 0.1) is 0 Å². The molecule has 1 unspecified atom stereocenters. The minimum Gasteiger partial charge on any atom is -0.480 e. The third-order valence-corrected chi connectivity index (χ3v) is 3.96. The molecule has 1 atom stereocenters. The molecule has 6 nitrogen and oxygen atoms in total. The summed E-state index contributed by atoms with van der Waals surface area (Å²) in [6.07, 6.45) is 2.19. The SMILES string of the molecule is O=C(NCC1CCSCC1)NC(CCO)C(=O)O. The molecule has 1 aliphatic heterocycles. The van der Waals surface area contributed by atoms with E-state index in [1.165, 1.54) is 0 Å². The van der Waals surface area contributed by atoms with Gasteiger partial charge < -0.3 is 20.8 Å². The summed E-state index contributed by atoms with van der Waals surface area (Å²) in [5.41, 5.74) is 0. The minimum atomic E-state index is -1.13. The third-order valence-electron chi connectivity index (χ3n) is 2.91. The Morgan fingerprint density at radius 2 is 2.00 bits per heavy atom. The van der Waals surface area contributed by atoms with Crippen molar-refractivity contribution in [3.63, 3.8) is 0 Å². The van der Waals surface area contributed by atoms with Crippen molar-refractivity contribution in [2.75, 3.05) is 24.7 Å². The summed E-state index contributed by atoms with van der Waals surface area (Å²) in [5.74, 6) is 1.60. The van der Waals surface area contributed by atoms with E-state index in [4.69, 9.17) is 10.2 Å². The van der Waals surface area contributed by atoms with Crippen molar-refractivity contribution >= 4 is 23.8 Å². The van der Waals surface area contributed by atoms with E-state index < -0.39 is 18.0 Å². The van der Waals surface area contributed by atoms with Crippen molar-refractivity contribution in [2.24, 2.45) is 5.92 Å². The molecule has 1 fully saturated rings. The average Bonchev–Trinajstić information content (AvgIpc) is 2.37. The molecule has 104 valence electrons. The van der Waals surface area contributed by atoms with Crippen LogP contribution in [0.15, 0.2) is 0 Å². The van der Waals surface area contributed by atoms with Crippen LogP contribution in [0.5, 0.6) is 0 Å². The van der Waals surface area contributed by atoms with Gasteiger partial charge in [-0.25, -0.2) is 9.59 Å². The second-order valence-electron chi connectivity index (χ2n) is 4.31. The summed E-state index contributed by atoms with van der Waals surface area (Å²) in [7, 11) is 0. The number of aliphatic hydroxyl groups excluding tert-OH is 1. The molecular weight excluding hydrogens is 256 g/mol. The second kappa shape index (κ2) is 8.20. The van der Waals surface area contributed by atoms with Gasteiger partial charge in [-0.3, -0.25) is 0 Å². The first-order valence-electron chi connectivity index (χ1n) is 6.09. The maximum atomic E-state index is 11.5. The predicted octanol–water partition coefficient (Wildman–Crippen LogP) is 0.264. The first kappa shape index (κ1) is 15.1. The highest BCUT2D eigenvalue weighted by molar-refractivity contribution is 7.99. The van der Waals surface area contributed by atoms with Gasteiger partial charge in [0.15, 0.2) is 0 Å². The number of urea groups is 1. The Morgan fingerprint density at radius 3 is 2.56 bits per heavy atom. The monoisotopic (exact) mass is 276 g/mol. The van der Waals surface area contributed by atoms with Gasteiger partial charge in [0.2, 0.25) is 0 Å². The van der Waals surface area contributed by atoms with Crippen LogP contribution in [0.25, 0.3) is 0 Å². The summed E-state index contributed by atoms with van der Waals surface area (Å²) in [6, 6.07) is -1.51. The normalized spacial score (nSPS) is 18.1. The number of carboxylic acids is 1. The molecule has 1 aliphatic rings. The number of aliphatic carboxylic acids is 1. The molecule has 0 aromatic rings. The van der Waals surface area contributed by atoms with Crippen LogP contribution >= 0.6 is 11.8 Å². The van der Waals surface area contributed by atoms with Crippen molar-refractivity contribution in [3.05, 3.63) is 0 Å². The Labute approximate surface area is 111 Å². The van der Waals surface area contributed by atoms with E-state index in [2.05, 4.69) is 10.6 Å². The third kappa shape index (κ3) is 5.59. The number of hydrogen-bond acceptors (Lipinski definition) is 4. The number of amides is 2. The highest BCUT2D eigenvalue weighted by Crippen LogP contribution is 2.21. The summed E-state index contributed by atoms with van der Waals surface area (Å²) in [6.45, 7) is 0.314. The van der Waals surface area contributed by atoms with E-state index >= 15 is 0 Å². The Kier molecular flexibility index (Phi) is 6.89. The number of nitrogens with one attached hydrogen (secondary N) is 2. The largest absolute Gasteiger partial charge is 0.480 e. The Bertz CT molecular complexity index is 282. The minimum absolute atomic E-state index is 0.0167. The highest BCUT2D eigenvalue weighted by Gasteiger charge is 2.20. The summed E-state index contributed by atoms with van der Waals surface area (Å²) in [5, 5.41) is 22.5. The van der Waals surface area contributed by atoms with Gasteiger partial charge in [-0.05, 0) is 30.3 Å². The van der Waals surface area contributed by atoms with Gasteiger partial charge in [-0.1, -0.05) is 0 Å². The lowest BCUT2D eigenvalue weighted by Crippen LogP contribution is -2.47. The van der Waals surface area contributed by atoms with Crippen LogP contribution in [-0.4, -0.2) is 52.9 Å². The van der Waals surface area contributed by atoms with Gasteiger partial charge in [0.25, 0.3) is 0 Å². The molecule has 0 spiro atoms. The Morgan fingerprint density at radius 1 is 1.33 bits per heavy atom. The molecule has 0 aromatic carbocycles. The van der Waals surface area contributed by atoms with Crippen molar-refractivity contribution in [1.29, 1.82) is 0 Å². The number of carbonyl (C=O) groups excluding carboxylic acids is 1. The van der Waals surface area contributed by atoms with Gasteiger partial charge in [-0.2, -0.15) is 11.8 Å². The van der Waals surface area contributed by atoms with Gasteiger partial charge in [-0.15, -0.1) is 0 Å². The number of carbonyl (C=O) groups is 2. The molecule has 1 saturated heterocycles. The summed E-state index contributed by atoms with van der Waals surface area (Å²) in [4.78, 5) is 22.3. The lowest BCUT2D eigenvalue weighted by molar-refractivity contribution is -0.139. The fraction of sp³-hybridized carbons (Fsp3) is 0.818. The van der Waals surface area contributed by atoms with Crippen LogP contribution in [-0.2, 0) is 4.79 Å². The zero-order valence-electron chi connectivity index (χ0n) is 10.2. The molecule has 4 N–H and O–H groups in total. The Balaban J connectivity index is 2.24. The average molecular weight is 276 g/mol. The van der Waals surface area contributed by atoms with Gasteiger partial charge in [0.1, 0.15) is 6.04 Å². The fourth-order valence-electron chi connectivity index (χ4n) is 1.78. The maximum absolute atomic E-state index is 11.5. The first-order valence-corrected chi connectivity index (χ1v) is 7.24. The van der Waals surface area contributed by atoms with Crippen LogP contribution in [0, 0.1) is 5.92 Å². The number of thioether (sulfide) groups is 1.